The van der Waals surface area contributed by atoms with Crippen molar-refractivity contribution in [1.29, 1.82) is 0 Å². The van der Waals surface area contributed by atoms with Gasteiger partial charge in [0, 0.05) is 20.0 Å². The summed E-state index contributed by atoms with van der Waals surface area (Å²) in [6.07, 6.45) is -0.530. The van der Waals surface area contributed by atoms with Crippen LogP contribution in [0.15, 0.2) is 60.7 Å². The van der Waals surface area contributed by atoms with Crippen molar-refractivity contribution in [2.45, 2.75) is 70.7 Å². The van der Waals surface area contributed by atoms with Crippen LogP contribution in [0.4, 0.5) is 4.79 Å². The molecule has 36 heavy (non-hydrogen) atoms. The van der Waals surface area contributed by atoms with Gasteiger partial charge >= 0.3 is 6.09 Å². The zero-order chi connectivity index (χ0) is 26.7. The van der Waals surface area contributed by atoms with E-state index < -0.39 is 26.1 Å². The van der Waals surface area contributed by atoms with Crippen molar-refractivity contribution in [2.24, 2.45) is 0 Å². The molecule has 1 fully saturated rings. The lowest BCUT2D eigenvalue weighted by atomic mass is 10.2. The number of nitrogens with zero attached hydrogens (tertiary/aromatic N) is 2. The van der Waals surface area contributed by atoms with Gasteiger partial charge in [-0.15, -0.1) is 0 Å². The third kappa shape index (κ3) is 5.82. The Morgan fingerprint density at radius 1 is 0.917 bits per heavy atom. The highest BCUT2D eigenvalue weighted by molar-refractivity contribution is 6.99. The van der Waals surface area contributed by atoms with Gasteiger partial charge in [0.1, 0.15) is 11.6 Å². The second kappa shape index (κ2) is 10.7. The summed E-state index contributed by atoms with van der Waals surface area (Å²) in [5.41, 5.74) is -0.686. The van der Waals surface area contributed by atoms with Gasteiger partial charge in [-0.05, 0) is 36.2 Å². The Balaban J connectivity index is 2.06. The van der Waals surface area contributed by atoms with E-state index in [4.69, 9.17) is 14.0 Å². The maximum absolute atomic E-state index is 13.2. The van der Waals surface area contributed by atoms with E-state index in [0.29, 0.717) is 6.42 Å². The molecule has 0 aliphatic carbocycles. The second-order valence-corrected chi connectivity index (χ2v) is 15.6. The van der Waals surface area contributed by atoms with Crippen LogP contribution in [0.3, 0.4) is 0 Å². The Morgan fingerprint density at radius 2 is 1.42 bits per heavy atom. The molecule has 0 bridgehead atoms. The van der Waals surface area contributed by atoms with Gasteiger partial charge in [-0.2, -0.15) is 0 Å². The summed E-state index contributed by atoms with van der Waals surface area (Å²) in [5.74, 6) is -0.308. The van der Waals surface area contributed by atoms with E-state index in [1.807, 2.05) is 57.2 Å². The normalized spacial score (nSPS) is 18.7. The van der Waals surface area contributed by atoms with Crippen LogP contribution in [-0.2, 0) is 18.8 Å². The van der Waals surface area contributed by atoms with Crippen molar-refractivity contribution in [3.05, 3.63) is 60.7 Å². The Bertz CT molecular complexity index is 994. The summed E-state index contributed by atoms with van der Waals surface area (Å²) >= 11 is 0. The van der Waals surface area contributed by atoms with E-state index in [0.717, 1.165) is 15.4 Å². The van der Waals surface area contributed by atoms with Crippen LogP contribution in [-0.4, -0.2) is 68.7 Å². The average molecular weight is 513 g/mol. The minimum Gasteiger partial charge on any atom is -0.444 e. The summed E-state index contributed by atoms with van der Waals surface area (Å²) in [5, 5.41) is 3.23. The molecule has 196 valence electrons. The van der Waals surface area contributed by atoms with Crippen LogP contribution in [0, 0.1) is 0 Å². The lowest BCUT2D eigenvalue weighted by Crippen LogP contribution is -2.67. The van der Waals surface area contributed by atoms with E-state index in [9.17, 15) is 9.59 Å². The number of likely N-dealkylation sites (tertiary alicyclic amines) is 1. The number of hydroxylamine groups is 2. The van der Waals surface area contributed by atoms with Crippen molar-refractivity contribution in [1.82, 2.24) is 9.96 Å². The van der Waals surface area contributed by atoms with Crippen LogP contribution in [0.25, 0.3) is 0 Å². The minimum absolute atomic E-state index is 0.224. The number of amides is 2. The summed E-state index contributed by atoms with van der Waals surface area (Å²) in [7, 11) is 0.119. The molecule has 1 saturated heterocycles. The summed E-state index contributed by atoms with van der Waals surface area (Å²) in [4.78, 5) is 33.0. The molecule has 0 saturated carbocycles. The fraction of sp³-hybridized carbons (Fsp3) is 0.500. The van der Waals surface area contributed by atoms with Gasteiger partial charge < -0.3 is 9.16 Å². The largest absolute Gasteiger partial charge is 0.444 e. The highest BCUT2D eigenvalue weighted by Crippen LogP contribution is 2.39. The number of benzene rings is 2. The van der Waals surface area contributed by atoms with Crippen molar-refractivity contribution >= 4 is 30.7 Å². The number of ether oxygens (including phenoxy) is 1. The zero-order valence-electron chi connectivity index (χ0n) is 22.8. The molecular formula is C28H40N2O5Si. The Labute approximate surface area is 216 Å². The molecule has 0 N–H and O–H groups in total. The van der Waals surface area contributed by atoms with Crippen molar-refractivity contribution < 1.29 is 23.6 Å². The SMILES string of the molecule is CON(C)C(=O)[C@H]1C[C@H](O[Si](c2ccccc2)(c2ccccc2)C(C)(C)C)CN1C(=O)OC(C)(C)C. The molecule has 2 amide bonds. The molecular weight excluding hydrogens is 472 g/mol. The molecule has 1 heterocycles. The summed E-state index contributed by atoms with van der Waals surface area (Å²) < 4.78 is 12.9. The molecule has 7 nitrogen and oxygen atoms in total. The molecule has 1 aliphatic heterocycles. The van der Waals surface area contributed by atoms with Gasteiger partial charge in [-0.3, -0.25) is 14.5 Å². The van der Waals surface area contributed by atoms with Gasteiger partial charge in [-0.1, -0.05) is 81.4 Å². The summed E-state index contributed by atoms with van der Waals surface area (Å²) in [6, 6.07) is 19.9. The molecule has 3 rings (SSSR count). The fourth-order valence-electron chi connectivity index (χ4n) is 4.88. The van der Waals surface area contributed by atoms with Crippen molar-refractivity contribution in [3.8, 4) is 0 Å². The molecule has 2 aromatic rings. The number of carbonyl (C=O) groups excluding carboxylic acids is 2. The van der Waals surface area contributed by atoms with Crippen LogP contribution >= 0.6 is 0 Å². The zero-order valence-corrected chi connectivity index (χ0v) is 23.8. The molecule has 0 spiro atoms. The molecule has 0 unspecified atom stereocenters. The third-order valence-electron chi connectivity index (χ3n) is 6.52. The van der Waals surface area contributed by atoms with E-state index in [-0.39, 0.29) is 23.6 Å². The predicted octanol–water partition coefficient (Wildman–Crippen LogP) is 3.96. The molecule has 8 heteroatoms. The van der Waals surface area contributed by atoms with Gasteiger partial charge in [0.05, 0.1) is 13.2 Å². The van der Waals surface area contributed by atoms with E-state index in [1.165, 1.54) is 12.0 Å². The number of hydrogen-bond donors (Lipinski definition) is 0. The smallest absolute Gasteiger partial charge is 0.411 e. The van der Waals surface area contributed by atoms with Gasteiger partial charge in [0.25, 0.3) is 14.2 Å². The third-order valence-corrected chi connectivity index (χ3v) is 11.6. The second-order valence-electron chi connectivity index (χ2n) is 11.3. The van der Waals surface area contributed by atoms with Crippen molar-refractivity contribution in [3.63, 3.8) is 0 Å². The van der Waals surface area contributed by atoms with Gasteiger partial charge in [0.15, 0.2) is 0 Å². The topological polar surface area (TPSA) is 68.3 Å². The Morgan fingerprint density at radius 3 is 1.83 bits per heavy atom. The highest BCUT2D eigenvalue weighted by Gasteiger charge is 2.54. The van der Waals surface area contributed by atoms with Crippen LogP contribution < -0.4 is 10.4 Å². The number of carbonyl (C=O) groups is 2. The van der Waals surface area contributed by atoms with Crippen molar-refractivity contribution in [2.75, 3.05) is 20.7 Å². The predicted molar refractivity (Wildman–Crippen MR) is 144 cm³/mol. The van der Waals surface area contributed by atoms with E-state index >= 15 is 0 Å². The molecule has 0 aromatic heterocycles. The first-order chi connectivity index (χ1) is 16.8. The highest BCUT2D eigenvalue weighted by atomic mass is 28.4. The first kappa shape index (κ1) is 27.9. The monoisotopic (exact) mass is 512 g/mol. The fourth-order valence-corrected chi connectivity index (χ4v) is 9.57. The van der Waals surface area contributed by atoms with Crippen LogP contribution in [0.5, 0.6) is 0 Å². The molecule has 2 aromatic carbocycles. The van der Waals surface area contributed by atoms with Gasteiger partial charge in [0.2, 0.25) is 0 Å². The van der Waals surface area contributed by atoms with Crippen LogP contribution in [0.1, 0.15) is 48.0 Å². The Kier molecular flexibility index (Phi) is 8.32. The van der Waals surface area contributed by atoms with Gasteiger partial charge in [-0.25, -0.2) is 9.86 Å². The average Bonchev–Trinajstić information content (AvgIpc) is 3.25. The number of likely N-dealkylation sites (N-methyl/N-ethyl adjacent to an activating group) is 1. The number of hydrogen-bond acceptors (Lipinski definition) is 5. The summed E-state index contributed by atoms with van der Waals surface area (Å²) in [6.45, 7) is 12.3. The van der Waals surface area contributed by atoms with E-state index in [2.05, 4.69) is 45.0 Å². The maximum Gasteiger partial charge on any atom is 0.411 e. The molecule has 2 atom stereocenters. The first-order valence-electron chi connectivity index (χ1n) is 12.4. The molecule has 1 aliphatic rings. The maximum atomic E-state index is 13.2. The van der Waals surface area contributed by atoms with E-state index in [1.54, 1.807) is 7.05 Å². The Hall–Kier alpha value is -2.68. The lowest BCUT2D eigenvalue weighted by molar-refractivity contribution is -0.173. The lowest BCUT2D eigenvalue weighted by Gasteiger charge is -2.44. The molecule has 0 radical (unpaired) electrons. The first-order valence-corrected chi connectivity index (χ1v) is 14.3. The standard InChI is InChI=1S/C28H40N2O5Si/c1-27(2,3)34-26(32)30-20-21(19-24(30)25(31)29(7)33-8)35-36(28(4,5)6,22-15-11-9-12-16-22)23-17-13-10-14-18-23/h9-18,21,24H,19-20H2,1-8H3/t21-,24+/m0/s1. The number of rotatable bonds is 6. The van der Waals surface area contributed by atoms with Crippen LogP contribution in [0.2, 0.25) is 5.04 Å². The minimum atomic E-state index is -2.86. The quantitative estimate of drug-likeness (QED) is 0.433.